The van der Waals surface area contributed by atoms with E-state index in [9.17, 15) is 29.3 Å². The lowest BCUT2D eigenvalue weighted by atomic mass is 9.99. The Hall–Kier alpha value is -4.83. The average molecular weight is 629 g/mol. The van der Waals surface area contributed by atoms with Crippen LogP contribution in [0.1, 0.15) is 27.7 Å². The third kappa shape index (κ3) is 7.76. The molecular formula is C28H28N4O11S. The summed E-state index contributed by atoms with van der Waals surface area (Å²) in [6, 6.07) is 14.7. The Morgan fingerprint density at radius 2 is 1.50 bits per heavy atom. The quantitative estimate of drug-likeness (QED) is 0.138. The van der Waals surface area contributed by atoms with Gasteiger partial charge in [-0.15, -0.1) is 10.2 Å². The third-order valence-corrected chi connectivity index (χ3v) is 7.22. The summed E-state index contributed by atoms with van der Waals surface area (Å²) in [5.41, 5.74) is -0.338. The smallest absolute Gasteiger partial charge is 0.303 e. The van der Waals surface area contributed by atoms with Gasteiger partial charge in [0.15, 0.2) is 34.7 Å². The molecule has 3 aromatic rings. The van der Waals surface area contributed by atoms with E-state index in [2.05, 4.69) is 10.2 Å². The molecule has 1 fully saturated rings. The van der Waals surface area contributed by atoms with Crippen molar-refractivity contribution in [1.29, 1.82) is 0 Å². The number of ether oxygens (including phenoxy) is 5. The fraction of sp³-hybridized carbons (Fsp3) is 0.357. The normalized spacial score (nSPS) is 21.1. The molecule has 1 saturated heterocycles. The Labute approximate surface area is 254 Å². The van der Waals surface area contributed by atoms with Crippen molar-refractivity contribution in [2.24, 2.45) is 0 Å². The first-order chi connectivity index (χ1) is 20.9. The van der Waals surface area contributed by atoms with Gasteiger partial charge in [-0.2, -0.15) is 0 Å². The van der Waals surface area contributed by atoms with Gasteiger partial charge in [0.25, 0.3) is 5.69 Å². The van der Waals surface area contributed by atoms with E-state index >= 15 is 0 Å². The van der Waals surface area contributed by atoms with Crippen LogP contribution in [0.3, 0.4) is 0 Å². The van der Waals surface area contributed by atoms with Crippen molar-refractivity contribution in [3.05, 3.63) is 64.7 Å². The summed E-state index contributed by atoms with van der Waals surface area (Å²) in [5, 5.41) is 20.3. The number of para-hydroxylation sites is 1. The number of hydrogen-bond donors (Lipinski definition) is 0. The van der Waals surface area contributed by atoms with Crippen LogP contribution in [0.4, 0.5) is 5.69 Å². The van der Waals surface area contributed by atoms with Crippen LogP contribution < -0.4 is 0 Å². The van der Waals surface area contributed by atoms with Crippen LogP contribution in [0, 0.1) is 10.1 Å². The molecule has 44 heavy (non-hydrogen) atoms. The first-order valence-electron chi connectivity index (χ1n) is 13.2. The van der Waals surface area contributed by atoms with E-state index < -0.39 is 58.7 Å². The summed E-state index contributed by atoms with van der Waals surface area (Å²) in [5.74, 6) is -2.64. The molecule has 0 aliphatic carbocycles. The maximum Gasteiger partial charge on any atom is 0.303 e. The van der Waals surface area contributed by atoms with Gasteiger partial charge in [-0.3, -0.25) is 33.9 Å². The molecule has 1 aliphatic rings. The van der Waals surface area contributed by atoms with E-state index in [-0.39, 0.29) is 23.3 Å². The molecule has 1 aromatic heterocycles. The number of carbonyl (C=O) groups is 4. The van der Waals surface area contributed by atoms with Crippen molar-refractivity contribution in [2.45, 2.75) is 62.7 Å². The lowest BCUT2D eigenvalue weighted by Gasteiger charge is -2.43. The number of rotatable bonds is 10. The minimum absolute atomic E-state index is 0.154. The second-order valence-electron chi connectivity index (χ2n) is 9.47. The number of nitrogens with zero attached hydrogens (tertiary/aromatic N) is 4. The molecule has 0 spiro atoms. The Morgan fingerprint density at radius 1 is 0.864 bits per heavy atom. The lowest BCUT2D eigenvalue weighted by molar-refractivity contribution is -0.384. The summed E-state index contributed by atoms with van der Waals surface area (Å²) in [7, 11) is 0. The van der Waals surface area contributed by atoms with Gasteiger partial charge in [-0.25, -0.2) is 0 Å². The van der Waals surface area contributed by atoms with Crippen LogP contribution in [0.5, 0.6) is 0 Å². The van der Waals surface area contributed by atoms with Crippen molar-refractivity contribution < 1.29 is 47.8 Å². The van der Waals surface area contributed by atoms with Crippen LogP contribution in [-0.4, -0.2) is 80.0 Å². The number of nitro groups is 1. The number of aromatic nitrogens is 3. The monoisotopic (exact) mass is 628 g/mol. The van der Waals surface area contributed by atoms with Gasteiger partial charge in [0.2, 0.25) is 0 Å². The van der Waals surface area contributed by atoms with Crippen molar-refractivity contribution in [3.8, 4) is 17.1 Å². The van der Waals surface area contributed by atoms with Crippen molar-refractivity contribution >= 4 is 41.3 Å². The highest BCUT2D eigenvalue weighted by atomic mass is 32.2. The summed E-state index contributed by atoms with van der Waals surface area (Å²) in [4.78, 5) is 59.0. The Balaban J connectivity index is 1.82. The molecule has 0 bridgehead atoms. The van der Waals surface area contributed by atoms with Gasteiger partial charge in [-0.05, 0) is 23.9 Å². The zero-order valence-electron chi connectivity index (χ0n) is 24.0. The molecule has 16 heteroatoms. The maximum absolute atomic E-state index is 12.2. The fourth-order valence-corrected chi connectivity index (χ4v) is 5.62. The van der Waals surface area contributed by atoms with Gasteiger partial charge >= 0.3 is 23.9 Å². The number of esters is 4. The van der Waals surface area contributed by atoms with Crippen molar-refractivity contribution in [2.75, 3.05) is 6.61 Å². The van der Waals surface area contributed by atoms with Gasteiger partial charge in [-0.1, -0.05) is 30.3 Å². The van der Waals surface area contributed by atoms with Crippen LogP contribution >= 0.6 is 11.8 Å². The molecular weight excluding hydrogens is 600 g/mol. The predicted molar refractivity (Wildman–Crippen MR) is 151 cm³/mol. The zero-order chi connectivity index (χ0) is 32.0. The highest BCUT2D eigenvalue weighted by molar-refractivity contribution is 7.99. The fourth-order valence-electron chi connectivity index (χ4n) is 4.49. The molecule has 0 radical (unpaired) electrons. The minimum Gasteiger partial charge on any atom is -0.463 e. The van der Waals surface area contributed by atoms with Crippen LogP contribution in [0.15, 0.2) is 59.8 Å². The zero-order valence-corrected chi connectivity index (χ0v) is 24.8. The number of benzene rings is 2. The third-order valence-electron chi connectivity index (χ3n) is 6.13. The molecule has 5 atom stereocenters. The molecule has 4 rings (SSSR count). The molecule has 0 unspecified atom stereocenters. The van der Waals surface area contributed by atoms with E-state index in [0.29, 0.717) is 11.3 Å². The summed E-state index contributed by atoms with van der Waals surface area (Å²) < 4.78 is 29.5. The minimum atomic E-state index is -1.36. The van der Waals surface area contributed by atoms with E-state index in [1.165, 1.54) is 25.1 Å². The lowest BCUT2D eigenvalue weighted by Crippen LogP contribution is -2.61. The second kappa shape index (κ2) is 14.1. The first kappa shape index (κ1) is 32.1. The van der Waals surface area contributed by atoms with Crippen LogP contribution in [-0.2, 0) is 42.9 Å². The van der Waals surface area contributed by atoms with Crippen molar-refractivity contribution in [1.82, 2.24) is 14.8 Å². The SMILES string of the molecule is CC(=O)OC[C@H]1O[C@@H](Sc2nnc(-c3cccc([N+](=O)[O-])c3)n2-c2ccccc2)[C@H](OC(C)=O)[C@@H](OC(C)=O)[C@@H]1OC(C)=O. The second-order valence-corrected chi connectivity index (χ2v) is 10.5. The van der Waals surface area contributed by atoms with E-state index in [4.69, 9.17) is 23.7 Å². The standard InChI is InChI=1S/C28H28N4O11S/c1-15(33)39-14-22-23(40-16(2)34)24(41-17(3)35)25(42-18(4)36)27(43-22)44-28-30-29-26(31(28)20-10-6-5-7-11-20)19-9-8-12-21(13-19)32(37)38/h5-13,22-25,27H,14H2,1-4H3/t22-,23-,24+,25-,27+/m1/s1. The van der Waals surface area contributed by atoms with Crippen LogP contribution in [0.25, 0.3) is 17.1 Å². The molecule has 1 aliphatic heterocycles. The maximum atomic E-state index is 12.2. The number of non-ortho nitro benzene ring substituents is 1. The molecule has 0 N–H and O–H groups in total. The Kier molecular flexibility index (Phi) is 10.3. The molecule has 0 saturated carbocycles. The molecule has 232 valence electrons. The highest BCUT2D eigenvalue weighted by Crippen LogP contribution is 2.39. The first-order valence-corrected chi connectivity index (χ1v) is 14.1. The van der Waals surface area contributed by atoms with Gasteiger partial charge in [0.05, 0.1) is 4.92 Å². The number of carbonyl (C=O) groups excluding carboxylic acids is 4. The Morgan fingerprint density at radius 3 is 2.11 bits per heavy atom. The molecule has 2 heterocycles. The Bertz CT molecular complexity index is 1550. The summed E-state index contributed by atoms with van der Waals surface area (Å²) in [6.45, 7) is 4.20. The van der Waals surface area contributed by atoms with Gasteiger partial charge in [0.1, 0.15) is 12.7 Å². The van der Waals surface area contributed by atoms with E-state index in [0.717, 1.165) is 32.5 Å². The number of hydrogen-bond acceptors (Lipinski definition) is 14. The van der Waals surface area contributed by atoms with Gasteiger partial charge < -0.3 is 23.7 Å². The molecule has 2 aromatic carbocycles. The average Bonchev–Trinajstić information content (AvgIpc) is 3.38. The molecule has 0 amide bonds. The summed E-state index contributed by atoms with van der Waals surface area (Å²) in [6.07, 6.45) is -5.16. The largest absolute Gasteiger partial charge is 0.463 e. The van der Waals surface area contributed by atoms with E-state index in [1.54, 1.807) is 41.0 Å². The highest BCUT2D eigenvalue weighted by Gasteiger charge is 2.53. The molecule has 15 nitrogen and oxygen atoms in total. The van der Waals surface area contributed by atoms with Gasteiger partial charge in [0, 0.05) is 51.1 Å². The van der Waals surface area contributed by atoms with Crippen molar-refractivity contribution in [3.63, 3.8) is 0 Å². The van der Waals surface area contributed by atoms with Crippen LogP contribution in [0.2, 0.25) is 0 Å². The number of thioether (sulfide) groups is 1. The summed E-state index contributed by atoms with van der Waals surface area (Å²) >= 11 is 0.936. The number of nitro benzene ring substituents is 1. The predicted octanol–water partition coefficient (Wildman–Crippen LogP) is 3.02. The topological polar surface area (TPSA) is 188 Å². The van der Waals surface area contributed by atoms with E-state index in [1.807, 2.05) is 0 Å².